The van der Waals surface area contributed by atoms with Gasteiger partial charge in [0.15, 0.2) is 0 Å². The van der Waals surface area contributed by atoms with Gasteiger partial charge >= 0.3 is 0 Å². The van der Waals surface area contributed by atoms with Crippen LogP contribution in [0.25, 0.3) is 0 Å². The SMILES string of the molecule is CC.CCCC(CC(CC)CC)C1=C/CC\C=C(CC)/C=N/1. The van der Waals surface area contributed by atoms with Gasteiger partial charge in [-0.25, -0.2) is 0 Å². The van der Waals surface area contributed by atoms with Crippen molar-refractivity contribution >= 4 is 6.21 Å². The lowest BCUT2D eigenvalue weighted by Gasteiger charge is -2.23. The van der Waals surface area contributed by atoms with Gasteiger partial charge in [0.25, 0.3) is 0 Å². The van der Waals surface area contributed by atoms with Crippen molar-refractivity contribution in [3.63, 3.8) is 0 Å². The van der Waals surface area contributed by atoms with Crippen LogP contribution in [-0.4, -0.2) is 6.21 Å². The van der Waals surface area contributed by atoms with Crippen molar-refractivity contribution in [3.05, 3.63) is 23.4 Å². The molecule has 0 aromatic carbocycles. The van der Waals surface area contributed by atoms with Crippen molar-refractivity contribution in [3.8, 4) is 0 Å². The molecule has 1 rings (SSSR count). The molecule has 0 radical (unpaired) electrons. The van der Waals surface area contributed by atoms with Gasteiger partial charge in [0.1, 0.15) is 0 Å². The average Bonchev–Trinajstić information content (AvgIpc) is 2.54. The zero-order chi connectivity index (χ0) is 16.8. The van der Waals surface area contributed by atoms with Crippen LogP contribution in [0.1, 0.15) is 92.9 Å². The van der Waals surface area contributed by atoms with E-state index in [2.05, 4.69) is 46.1 Å². The summed E-state index contributed by atoms with van der Waals surface area (Å²) in [7, 11) is 0. The fraction of sp³-hybridized carbons (Fsp3) is 0.762. The first-order valence-electron chi connectivity index (χ1n) is 9.68. The summed E-state index contributed by atoms with van der Waals surface area (Å²) in [6.07, 6.45) is 16.7. The molecule has 1 nitrogen and oxygen atoms in total. The highest BCUT2D eigenvalue weighted by molar-refractivity contribution is 5.79. The Kier molecular flexibility index (Phi) is 13.3. The lowest BCUT2D eigenvalue weighted by Crippen LogP contribution is -2.10. The average molecular weight is 306 g/mol. The molecule has 0 N–H and O–H groups in total. The van der Waals surface area contributed by atoms with E-state index in [0.717, 1.165) is 18.8 Å². The van der Waals surface area contributed by atoms with Crippen molar-refractivity contribution in [2.45, 2.75) is 92.9 Å². The molecule has 1 unspecified atom stereocenters. The van der Waals surface area contributed by atoms with Gasteiger partial charge in [-0.15, -0.1) is 0 Å². The second kappa shape index (κ2) is 13.8. The molecule has 0 amide bonds. The predicted molar refractivity (Wildman–Crippen MR) is 103 cm³/mol. The molecule has 1 heteroatoms. The molecule has 0 aliphatic carbocycles. The Labute approximate surface area is 140 Å². The molecule has 0 fully saturated rings. The third-order valence-electron chi connectivity index (χ3n) is 4.54. The summed E-state index contributed by atoms with van der Waals surface area (Å²) in [5, 5.41) is 0. The van der Waals surface area contributed by atoms with Crippen molar-refractivity contribution in [2.75, 3.05) is 0 Å². The Hall–Kier alpha value is -0.850. The summed E-state index contributed by atoms with van der Waals surface area (Å²) in [4.78, 5) is 4.84. The molecule has 0 aromatic rings. The van der Waals surface area contributed by atoms with Gasteiger partial charge in [0.05, 0.1) is 0 Å². The van der Waals surface area contributed by atoms with E-state index < -0.39 is 0 Å². The van der Waals surface area contributed by atoms with Gasteiger partial charge in [0.2, 0.25) is 0 Å². The molecule has 128 valence electrons. The van der Waals surface area contributed by atoms with Crippen LogP contribution in [-0.2, 0) is 0 Å². The van der Waals surface area contributed by atoms with Crippen LogP contribution in [0.2, 0.25) is 0 Å². The van der Waals surface area contributed by atoms with E-state index in [9.17, 15) is 0 Å². The first-order chi connectivity index (χ1) is 10.7. The van der Waals surface area contributed by atoms with Gasteiger partial charge in [-0.3, -0.25) is 4.99 Å². The monoisotopic (exact) mass is 305 g/mol. The number of nitrogens with zero attached hydrogens (tertiary/aromatic N) is 1. The Morgan fingerprint density at radius 1 is 1.00 bits per heavy atom. The zero-order valence-corrected chi connectivity index (χ0v) is 16.0. The lowest BCUT2D eigenvalue weighted by molar-refractivity contribution is 0.366. The fourth-order valence-corrected chi connectivity index (χ4v) is 3.03. The molecule has 0 aromatic heterocycles. The maximum absolute atomic E-state index is 4.84. The van der Waals surface area contributed by atoms with Crippen molar-refractivity contribution in [1.29, 1.82) is 0 Å². The lowest BCUT2D eigenvalue weighted by atomic mass is 9.85. The molecular formula is C21H39N. The molecule has 1 atom stereocenters. The quantitative estimate of drug-likeness (QED) is 0.445. The van der Waals surface area contributed by atoms with Crippen LogP contribution in [0.15, 0.2) is 28.4 Å². The summed E-state index contributed by atoms with van der Waals surface area (Å²) < 4.78 is 0. The number of hydrogen-bond donors (Lipinski definition) is 0. The second-order valence-corrected chi connectivity index (χ2v) is 6.00. The smallest absolute Gasteiger partial charge is 0.0395 e. The predicted octanol–water partition coefficient (Wildman–Crippen LogP) is 7.34. The van der Waals surface area contributed by atoms with Crippen molar-refractivity contribution in [2.24, 2.45) is 16.8 Å². The molecule has 0 saturated heterocycles. The van der Waals surface area contributed by atoms with E-state index >= 15 is 0 Å². The van der Waals surface area contributed by atoms with Gasteiger partial charge in [-0.1, -0.05) is 73.0 Å². The van der Waals surface area contributed by atoms with Gasteiger partial charge < -0.3 is 0 Å². The van der Waals surface area contributed by atoms with E-state index in [1.165, 1.54) is 49.8 Å². The van der Waals surface area contributed by atoms with Gasteiger partial charge in [-0.05, 0) is 43.6 Å². The summed E-state index contributed by atoms with van der Waals surface area (Å²) in [6.45, 7) is 13.2. The first-order valence-corrected chi connectivity index (χ1v) is 9.68. The Balaban J connectivity index is 0.00000211. The van der Waals surface area contributed by atoms with Crippen LogP contribution in [0.5, 0.6) is 0 Å². The summed E-state index contributed by atoms with van der Waals surface area (Å²) >= 11 is 0. The van der Waals surface area contributed by atoms with Crippen molar-refractivity contribution < 1.29 is 0 Å². The molecule has 0 saturated carbocycles. The number of rotatable bonds is 8. The summed E-state index contributed by atoms with van der Waals surface area (Å²) in [5.41, 5.74) is 2.76. The third-order valence-corrected chi connectivity index (χ3v) is 4.54. The minimum absolute atomic E-state index is 0.664. The molecule has 1 aliphatic heterocycles. The molecule has 1 aliphatic rings. The highest BCUT2D eigenvalue weighted by Gasteiger charge is 2.17. The van der Waals surface area contributed by atoms with E-state index in [4.69, 9.17) is 4.99 Å². The van der Waals surface area contributed by atoms with E-state index in [1.54, 1.807) is 0 Å². The molecule has 0 bridgehead atoms. The molecule has 1 heterocycles. The maximum Gasteiger partial charge on any atom is 0.0395 e. The first kappa shape index (κ1) is 21.1. The second-order valence-electron chi connectivity index (χ2n) is 6.00. The van der Waals surface area contributed by atoms with Crippen LogP contribution in [0.4, 0.5) is 0 Å². The van der Waals surface area contributed by atoms with Crippen LogP contribution >= 0.6 is 0 Å². The Morgan fingerprint density at radius 3 is 2.18 bits per heavy atom. The minimum Gasteiger partial charge on any atom is -0.261 e. The Morgan fingerprint density at radius 2 is 1.64 bits per heavy atom. The van der Waals surface area contributed by atoms with Gasteiger partial charge in [-0.2, -0.15) is 0 Å². The van der Waals surface area contributed by atoms with Gasteiger partial charge in [0, 0.05) is 17.8 Å². The highest BCUT2D eigenvalue weighted by atomic mass is 14.7. The normalized spacial score (nSPS) is 22.3. The number of aliphatic imine (C=N–C) groups is 1. The van der Waals surface area contributed by atoms with E-state index in [-0.39, 0.29) is 0 Å². The zero-order valence-electron chi connectivity index (χ0n) is 16.0. The maximum atomic E-state index is 4.84. The Bertz CT molecular complexity index is 345. The largest absolute Gasteiger partial charge is 0.261 e. The molecule has 0 spiro atoms. The van der Waals surface area contributed by atoms with Crippen LogP contribution in [0.3, 0.4) is 0 Å². The third kappa shape index (κ3) is 7.96. The molecule has 22 heavy (non-hydrogen) atoms. The summed E-state index contributed by atoms with van der Waals surface area (Å²) in [5.74, 6) is 1.52. The highest BCUT2D eigenvalue weighted by Crippen LogP contribution is 2.30. The fourth-order valence-electron chi connectivity index (χ4n) is 3.03. The molecular weight excluding hydrogens is 266 g/mol. The topological polar surface area (TPSA) is 12.4 Å². The van der Waals surface area contributed by atoms with Crippen LogP contribution < -0.4 is 0 Å². The van der Waals surface area contributed by atoms with E-state index in [1.807, 2.05) is 13.8 Å². The standard InChI is InChI=1S/C19H33N.C2H6/c1-5-11-18(14-16(6-2)7-3)19-13-10-9-12-17(8-4)15-20-19;1-2/h12-13,15-16,18H,5-11,14H2,1-4H3;1-2H3/b17-12-,19-13+,20-15+;. The summed E-state index contributed by atoms with van der Waals surface area (Å²) in [6, 6.07) is 0. The van der Waals surface area contributed by atoms with Crippen LogP contribution in [0, 0.1) is 11.8 Å². The number of allylic oxidation sites excluding steroid dienone is 4. The van der Waals surface area contributed by atoms with E-state index in [0.29, 0.717) is 5.92 Å². The minimum atomic E-state index is 0.664. The number of hydrogen-bond acceptors (Lipinski definition) is 1. The van der Waals surface area contributed by atoms with Crippen molar-refractivity contribution in [1.82, 2.24) is 0 Å².